The number of ether oxygens (including phenoxy) is 1. The Morgan fingerprint density at radius 2 is 2.12 bits per heavy atom. The van der Waals surface area contributed by atoms with Gasteiger partial charge in [0.25, 0.3) is 0 Å². The zero-order valence-corrected chi connectivity index (χ0v) is 14.2. The minimum Gasteiger partial charge on any atom is -0.494 e. The predicted molar refractivity (Wildman–Crippen MR) is 86.8 cm³/mol. The van der Waals surface area contributed by atoms with Crippen molar-refractivity contribution in [3.05, 3.63) is 46.8 Å². The average Bonchev–Trinajstić information content (AvgIpc) is 2.99. The molecule has 1 aliphatic heterocycles. The summed E-state index contributed by atoms with van der Waals surface area (Å²) in [5.41, 5.74) is 2.07. The first-order valence-electron chi connectivity index (χ1n) is 8.01. The number of aromatic nitrogens is 2. The Labute approximate surface area is 144 Å². The number of carbonyl (C=O) groups excluding carboxylic acids is 1. The highest BCUT2D eigenvalue weighted by atomic mass is 19.2. The number of hydrogen-bond donors (Lipinski definition) is 1. The van der Waals surface area contributed by atoms with Crippen LogP contribution < -0.4 is 10.1 Å². The molecule has 0 bridgehead atoms. The van der Waals surface area contributed by atoms with Gasteiger partial charge >= 0.3 is 0 Å². The van der Waals surface area contributed by atoms with Crippen LogP contribution >= 0.6 is 0 Å². The van der Waals surface area contributed by atoms with E-state index in [0.717, 1.165) is 11.4 Å². The van der Waals surface area contributed by atoms with E-state index in [9.17, 15) is 13.6 Å². The third-order valence-corrected chi connectivity index (χ3v) is 4.19. The fourth-order valence-corrected chi connectivity index (χ4v) is 2.91. The summed E-state index contributed by atoms with van der Waals surface area (Å²) in [5, 5.41) is 7.16. The van der Waals surface area contributed by atoms with Crippen molar-refractivity contribution in [2.24, 2.45) is 0 Å². The molecule has 0 atom stereocenters. The maximum absolute atomic E-state index is 14.1. The molecule has 0 fully saturated rings. The first-order chi connectivity index (χ1) is 12.0. The molecule has 1 N–H and O–H groups in total. The normalized spacial score (nSPS) is 14.2. The van der Waals surface area contributed by atoms with Crippen molar-refractivity contribution in [1.29, 1.82) is 0 Å². The van der Waals surface area contributed by atoms with E-state index < -0.39 is 11.6 Å². The number of halogens is 2. The van der Waals surface area contributed by atoms with Crippen LogP contribution in [0.25, 0.3) is 0 Å². The van der Waals surface area contributed by atoms with Crippen molar-refractivity contribution in [2.75, 3.05) is 13.7 Å². The second-order valence-corrected chi connectivity index (χ2v) is 6.03. The maximum Gasteiger partial charge on any atom is 0.217 e. The Morgan fingerprint density at radius 3 is 2.84 bits per heavy atom. The van der Waals surface area contributed by atoms with Crippen molar-refractivity contribution >= 4 is 5.91 Å². The number of nitrogens with zero attached hydrogens (tertiary/aromatic N) is 3. The Bertz CT molecular complexity index is 791. The van der Waals surface area contributed by atoms with Gasteiger partial charge in [-0.2, -0.15) is 9.49 Å². The SMILES string of the molecule is COc1ccc(CN2CCn3nc(CNC(C)=O)cc3C2)c(F)c1F. The topological polar surface area (TPSA) is 59.4 Å². The van der Waals surface area contributed by atoms with Crippen LogP contribution in [0.15, 0.2) is 18.2 Å². The minimum absolute atomic E-state index is 0.0967. The van der Waals surface area contributed by atoms with Crippen LogP contribution in [0, 0.1) is 11.6 Å². The molecule has 8 heteroatoms. The summed E-state index contributed by atoms with van der Waals surface area (Å²) < 4.78 is 34.7. The molecule has 3 rings (SSSR count). The number of benzene rings is 1. The monoisotopic (exact) mass is 350 g/mol. The van der Waals surface area contributed by atoms with Crippen molar-refractivity contribution in [3.63, 3.8) is 0 Å². The summed E-state index contributed by atoms with van der Waals surface area (Å²) >= 11 is 0. The molecule has 0 unspecified atom stereocenters. The number of amides is 1. The van der Waals surface area contributed by atoms with E-state index in [1.54, 1.807) is 6.07 Å². The van der Waals surface area contributed by atoms with Crippen LogP contribution in [0.3, 0.4) is 0 Å². The van der Waals surface area contributed by atoms with Gasteiger partial charge in [0, 0.05) is 32.1 Å². The van der Waals surface area contributed by atoms with Crippen LogP contribution in [-0.2, 0) is 31.0 Å². The second-order valence-electron chi connectivity index (χ2n) is 6.03. The molecule has 1 aliphatic rings. The van der Waals surface area contributed by atoms with Crippen molar-refractivity contribution in [1.82, 2.24) is 20.0 Å². The highest BCUT2D eigenvalue weighted by Gasteiger charge is 2.21. The summed E-state index contributed by atoms with van der Waals surface area (Å²) in [5.74, 6) is -2.03. The number of rotatable bonds is 5. The second kappa shape index (κ2) is 7.18. The Morgan fingerprint density at radius 1 is 1.32 bits per heavy atom. The molecule has 6 nitrogen and oxygen atoms in total. The molecule has 1 aromatic carbocycles. The van der Waals surface area contributed by atoms with Crippen molar-refractivity contribution in [2.45, 2.75) is 33.1 Å². The van der Waals surface area contributed by atoms with Gasteiger partial charge in [0.1, 0.15) is 0 Å². The van der Waals surface area contributed by atoms with Gasteiger partial charge in [-0.05, 0) is 12.1 Å². The predicted octanol–water partition coefficient (Wildman–Crippen LogP) is 1.82. The standard InChI is InChI=1S/C17H20F2N4O2/c1-11(24)20-8-13-7-14-10-22(5-6-23(14)21-13)9-12-3-4-15(25-2)17(19)16(12)18/h3-4,7H,5-6,8-10H2,1-2H3,(H,20,24). The fraction of sp³-hybridized carbons (Fsp3) is 0.412. The van der Waals surface area contributed by atoms with Gasteiger partial charge in [0.05, 0.1) is 31.6 Å². The average molecular weight is 350 g/mol. The van der Waals surface area contributed by atoms with Crippen LogP contribution in [0.2, 0.25) is 0 Å². The number of hydrogen-bond acceptors (Lipinski definition) is 4. The molecule has 0 aliphatic carbocycles. The molecule has 2 heterocycles. The van der Waals surface area contributed by atoms with Crippen LogP contribution in [0.4, 0.5) is 8.78 Å². The lowest BCUT2D eigenvalue weighted by molar-refractivity contribution is -0.119. The van der Waals surface area contributed by atoms with Gasteiger partial charge in [-0.25, -0.2) is 4.39 Å². The molecule has 2 aromatic rings. The summed E-state index contributed by atoms with van der Waals surface area (Å²) in [6.45, 7) is 4.07. The highest BCUT2D eigenvalue weighted by Crippen LogP contribution is 2.24. The smallest absolute Gasteiger partial charge is 0.217 e. The quantitative estimate of drug-likeness (QED) is 0.894. The van der Waals surface area contributed by atoms with Gasteiger partial charge < -0.3 is 10.1 Å². The number of fused-ring (bicyclic) bond motifs is 1. The molecule has 134 valence electrons. The van der Waals surface area contributed by atoms with E-state index in [1.807, 2.05) is 15.6 Å². The summed E-state index contributed by atoms with van der Waals surface area (Å²) in [6.07, 6.45) is 0. The summed E-state index contributed by atoms with van der Waals surface area (Å²) in [6, 6.07) is 4.91. The van der Waals surface area contributed by atoms with E-state index in [0.29, 0.717) is 38.3 Å². The van der Waals surface area contributed by atoms with Crippen molar-refractivity contribution in [3.8, 4) is 5.75 Å². The molecule has 0 spiro atoms. The lowest BCUT2D eigenvalue weighted by Crippen LogP contribution is -2.33. The van der Waals surface area contributed by atoms with E-state index in [2.05, 4.69) is 10.4 Å². The Hall–Kier alpha value is -2.48. The van der Waals surface area contributed by atoms with Gasteiger partial charge in [-0.1, -0.05) is 6.07 Å². The third-order valence-electron chi connectivity index (χ3n) is 4.19. The largest absolute Gasteiger partial charge is 0.494 e. The Balaban J connectivity index is 1.69. The minimum atomic E-state index is -0.959. The first-order valence-corrected chi connectivity index (χ1v) is 8.01. The molecule has 25 heavy (non-hydrogen) atoms. The molecule has 0 saturated heterocycles. The van der Waals surface area contributed by atoms with Crippen LogP contribution in [0.5, 0.6) is 5.75 Å². The summed E-state index contributed by atoms with van der Waals surface area (Å²) in [4.78, 5) is 13.0. The third kappa shape index (κ3) is 3.79. The van der Waals surface area contributed by atoms with E-state index in [4.69, 9.17) is 4.74 Å². The molecule has 0 radical (unpaired) electrons. The molecule has 1 amide bonds. The number of methoxy groups -OCH3 is 1. The zero-order chi connectivity index (χ0) is 18.0. The number of carbonyl (C=O) groups is 1. The van der Waals surface area contributed by atoms with E-state index >= 15 is 0 Å². The molecular weight excluding hydrogens is 330 g/mol. The molecule has 0 saturated carbocycles. The van der Waals surface area contributed by atoms with Crippen LogP contribution in [-0.4, -0.2) is 34.2 Å². The zero-order valence-electron chi connectivity index (χ0n) is 14.2. The van der Waals surface area contributed by atoms with Gasteiger partial charge in [-0.15, -0.1) is 0 Å². The van der Waals surface area contributed by atoms with Gasteiger partial charge in [0.15, 0.2) is 11.6 Å². The van der Waals surface area contributed by atoms with E-state index in [-0.39, 0.29) is 11.7 Å². The van der Waals surface area contributed by atoms with Crippen LogP contribution in [0.1, 0.15) is 23.9 Å². The lowest BCUT2D eigenvalue weighted by Gasteiger charge is -2.27. The van der Waals surface area contributed by atoms with Gasteiger partial charge in [0.2, 0.25) is 11.7 Å². The first kappa shape index (κ1) is 17.3. The summed E-state index contributed by atoms with van der Waals surface area (Å²) in [7, 11) is 1.31. The Kier molecular flexibility index (Phi) is 4.98. The van der Waals surface area contributed by atoms with Crippen molar-refractivity contribution < 1.29 is 18.3 Å². The van der Waals surface area contributed by atoms with E-state index in [1.165, 1.54) is 20.1 Å². The lowest BCUT2D eigenvalue weighted by atomic mass is 10.1. The maximum atomic E-state index is 14.1. The highest BCUT2D eigenvalue weighted by molar-refractivity contribution is 5.72. The molecule has 1 aromatic heterocycles. The number of nitrogens with one attached hydrogen (secondary N) is 1. The molecular formula is C17H20F2N4O2. The van der Waals surface area contributed by atoms with Gasteiger partial charge in [-0.3, -0.25) is 14.4 Å². The fourth-order valence-electron chi connectivity index (χ4n) is 2.91.